The summed E-state index contributed by atoms with van der Waals surface area (Å²) in [7, 11) is 3.14. The Bertz CT molecular complexity index is 890. The fraction of sp³-hybridized carbons (Fsp3) is 0.435. The number of hydrogen-bond donors (Lipinski definition) is 3. The summed E-state index contributed by atoms with van der Waals surface area (Å²) in [5.41, 5.74) is 1.62. The highest BCUT2D eigenvalue weighted by Crippen LogP contribution is 2.48. The van der Waals surface area contributed by atoms with Gasteiger partial charge >= 0.3 is 0 Å². The summed E-state index contributed by atoms with van der Waals surface area (Å²) >= 11 is 0. The molecule has 0 aromatic heterocycles. The molecule has 0 spiro atoms. The van der Waals surface area contributed by atoms with E-state index in [2.05, 4.69) is 10.6 Å². The van der Waals surface area contributed by atoms with E-state index in [4.69, 9.17) is 14.5 Å². The van der Waals surface area contributed by atoms with Gasteiger partial charge in [0.2, 0.25) is 0 Å². The Morgan fingerprint density at radius 3 is 2.48 bits per heavy atom. The molecule has 1 aliphatic rings. The van der Waals surface area contributed by atoms with Crippen LogP contribution in [0.25, 0.3) is 0 Å². The molecule has 8 heteroatoms. The molecule has 1 aliphatic carbocycles. The lowest BCUT2D eigenvalue weighted by Crippen LogP contribution is -2.40. The van der Waals surface area contributed by atoms with E-state index in [1.807, 2.05) is 13.0 Å². The molecule has 1 atom stereocenters. The SMILES string of the molecule is CCNC(=NCC1(c2cccc(F)c2)CC1)NCC(O)c1ccc(OC)c(OC)c1.I. The smallest absolute Gasteiger partial charge is 0.191 e. The molecule has 31 heavy (non-hydrogen) atoms. The molecular formula is C23H31FIN3O3. The van der Waals surface area contributed by atoms with Crippen LogP contribution in [-0.4, -0.2) is 44.9 Å². The van der Waals surface area contributed by atoms with Gasteiger partial charge in [0.15, 0.2) is 17.5 Å². The van der Waals surface area contributed by atoms with E-state index in [0.29, 0.717) is 30.5 Å². The van der Waals surface area contributed by atoms with Gasteiger partial charge in [-0.25, -0.2) is 4.39 Å². The molecule has 2 aromatic carbocycles. The number of aliphatic imine (C=N–C) groups is 1. The number of aliphatic hydroxyl groups excluding tert-OH is 1. The van der Waals surface area contributed by atoms with E-state index in [-0.39, 0.29) is 41.8 Å². The third-order valence-electron chi connectivity index (χ3n) is 5.43. The van der Waals surface area contributed by atoms with Crippen LogP contribution in [0.5, 0.6) is 11.5 Å². The van der Waals surface area contributed by atoms with Crippen LogP contribution in [0, 0.1) is 5.82 Å². The average molecular weight is 543 g/mol. The van der Waals surface area contributed by atoms with Gasteiger partial charge in [0.05, 0.1) is 26.9 Å². The maximum Gasteiger partial charge on any atom is 0.191 e. The minimum absolute atomic E-state index is 0. The summed E-state index contributed by atoms with van der Waals surface area (Å²) in [5, 5.41) is 17.0. The van der Waals surface area contributed by atoms with Crippen molar-refractivity contribution >= 4 is 29.9 Å². The third kappa shape index (κ3) is 6.46. The van der Waals surface area contributed by atoms with Crippen LogP contribution in [0.4, 0.5) is 4.39 Å². The molecule has 0 radical (unpaired) electrons. The zero-order chi connectivity index (χ0) is 21.6. The second-order valence-electron chi connectivity index (χ2n) is 7.50. The van der Waals surface area contributed by atoms with Gasteiger partial charge in [-0.1, -0.05) is 18.2 Å². The van der Waals surface area contributed by atoms with E-state index in [1.165, 1.54) is 6.07 Å². The molecule has 3 rings (SSSR count). The fourth-order valence-electron chi connectivity index (χ4n) is 3.45. The number of benzene rings is 2. The summed E-state index contributed by atoms with van der Waals surface area (Å²) in [6, 6.07) is 12.1. The summed E-state index contributed by atoms with van der Waals surface area (Å²) in [5.74, 6) is 1.59. The molecular weight excluding hydrogens is 512 g/mol. The van der Waals surface area contributed by atoms with Crippen LogP contribution in [0.1, 0.15) is 37.0 Å². The molecule has 1 saturated carbocycles. The van der Waals surface area contributed by atoms with Gasteiger partial charge < -0.3 is 25.2 Å². The zero-order valence-electron chi connectivity index (χ0n) is 18.2. The number of methoxy groups -OCH3 is 2. The molecule has 3 N–H and O–H groups in total. The maximum atomic E-state index is 13.6. The molecule has 0 heterocycles. The van der Waals surface area contributed by atoms with Crippen LogP contribution in [0.3, 0.4) is 0 Å². The second kappa shape index (κ2) is 11.5. The molecule has 1 fully saturated rings. The molecule has 2 aromatic rings. The monoisotopic (exact) mass is 543 g/mol. The fourth-order valence-corrected chi connectivity index (χ4v) is 3.45. The lowest BCUT2D eigenvalue weighted by Gasteiger charge is -2.18. The van der Waals surface area contributed by atoms with Gasteiger partial charge in [0.1, 0.15) is 5.82 Å². The lowest BCUT2D eigenvalue weighted by atomic mass is 9.96. The first-order valence-electron chi connectivity index (χ1n) is 10.2. The van der Waals surface area contributed by atoms with Crippen LogP contribution < -0.4 is 20.1 Å². The van der Waals surface area contributed by atoms with Crippen molar-refractivity contribution in [3.63, 3.8) is 0 Å². The molecule has 0 amide bonds. The molecule has 6 nitrogen and oxygen atoms in total. The highest BCUT2D eigenvalue weighted by Gasteiger charge is 2.44. The largest absolute Gasteiger partial charge is 0.493 e. The van der Waals surface area contributed by atoms with E-state index < -0.39 is 6.10 Å². The summed E-state index contributed by atoms with van der Waals surface area (Å²) in [6.07, 6.45) is 1.24. The van der Waals surface area contributed by atoms with Crippen molar-refractivity contribution in [1.82, 2.24) is 10.6 Å². The van der Waals surface area contributed by atoms with E-state index >= 15 is 0 Å². The molecule has 170 valence electrons. The van der Waals surface area contributed by atoms with Crippen LogP contribution in [0.2, 0.25) is 0 Å². The molecule has 1 unspecified atom stereocenters. The van der Waals surface area contributed by atoms with Crippen molar-refractivity contribution < 1.29 is 19.0 Å². The van der Waals surface area contributed by atoms with Crippen molar-refractivity contribution in [2.45, 2.75) is 31.3 Å². The Hall–Kier alpha value is -2.07. The summed E-state index contributed by atoms with van der Waals surface area (Å²) in [6.45, 7) is 3.54. The summed E-state index contributed by atoms with van der Waals surface area (Å²) < 4.78 is 24.2. The Morgan fingerprint density at radius 2 is 1.87 bits per heavy atom. The highest BCUT2D eigenvalue weighted by atomic mass is 127. The van der Waals surface area contributed by atoms with Crippen molar-refractivity contribution in [3.05, 3.63) is 59.4 Å². The molecule has 0 bridgehead atoms. The maximum absolute atomic E-state index is 13.6. The standard InChI is InChI=1S/C23H30FN3O3.HI/c1-4-25-22(27-15-23(10-11-23)17-6-5-7-18(24)13-17)26-14-19(28)16-8-9-20(29-2)21(12-16)30-3;/h5-9,12-13,19,28H,4,10-11,14-15H2,1-3H3,(H2,25,26,27);1H. The predicted octanol–water partition coefficient (Wildman–Crippen LogP) is 3.78. The number of nitrogens with zero attached hydrogens (tertiary/aromatic N) is 1. The van der Waals surface area contributed by atoms with Crippen molar-refractivity contribution in [1.29, 1.82) is 0 Å². The van der Waals surface area contributed by atoms with Gasteiger partial charge in [0, 0.05) is 18.5 Å². The van der Waals surface area contributed by atoms with Crippen molar-refractivity contribution in [2.75, 3.05) is 33.9 Å². The first-order valence-corrected chi connectivity index (χ1v) is 10.2. The van der Waals surface area contributed by atoms with Gasteiger partial charge in [-0.05, 0) is 55.2 Å². The van der Waals surface area contributed by atoms with E-state index in [1.54, 1.807) is 44.6 Å². The second-order valence-corrected chi connectivity index (χ2v) is 7.50. The van der Waals surface area contributed by atoms with Gasteiger partial charge in [-0.2, -0.15) is 0 Å². The van der Waals surface area contributed by atoms with Crippen molar-refractivity contribution in [2.24, 2.45) is 4.99 Å². The number of guanidine groups is 1. The highest BCUT2D eigenvalue weighted by molar-refractivity contribution is 14.0. The summed E-state index contributed by atoms with van der Waals surface area (Å²) in [4.78, 5) is 4.70. The normalized spacial score (nSPS) is 15.5. The number of rotatable bonds is 9. The minimum atomic E-state index is -0.744. The molecule has 0 aliphatic heterocycles. The first kappa shape index (κ1) is 25.2. The van der Waals surface area contributed by atoms with Crippen LogP contribution in [-0.2, 0) is 5.41 Å². The Kier molecular flexibility index (Phi) is 9.36. The quantitative estimate of drug-likeness (QED) is 0.255. The topological polar surface area (TPSA) is 75.1 Å². The number of nitrogens with one attached hydrogen (secondary N) is 2. The number of hydrogen-bond acceptors (Lipinski definition) is 4. The van der Waals surface area contributed by atoms with Crippen LogP contribution in [0.15, 0.2) is 47.5 Å². The van der Waals surface area contributed by atoms with Crippen LogP contribution >= 0.6 is 24.0 Å². The van der Waals surface area contributed by atoms with E-state index in [9.17, 15) is 9.50 Å². The van der Waals surface area contributed by atoms with E-state index in [0.717, 1.165) is 24.0 Å². The van der Waals surface area contributed by atoms with Gasteiger partial charge in [-0.3, -0.25) is 4.99 Å². The number of ether oxygens (including phenoxy) is 2. The number of halogens is 2. The minimum Gasteiger partial charge on any atom is -0.493 e. The Balaban J connectivity index is 0.00000341. The Morgan fingerprint density at radius 1 is 1.13 bits per heavy atom. The molecule has 0 saturated heterocycles. The van der Waals surface area contributed by atoms with Crippen molar-refractivity contribution in [3.8, 4) is 11.5 Å². The van der Waals surface area contributed by atoms with Gasteiger partial charge in [-0.15, -0.1) is 24.0 Å². The average Bonchev–Trinajstić information content (AvgIpc) is 3.56. The third-order valence-corrected chi connectivity index (χ3v) is 5.43. The Labute approximate surface area is 200 Å². The lowest BCUT2D eigenvalue weighted by molar-refractivity contribution is 0.180. The first-order chi connectivity index (χ1) is 14.5. The number of aliphatic hydroxyl groups is 1. The zero-order valence-corrected chi connectivity index (χ0v) is 20.5. The van der Waals surface area contributed by atoms with Gasteiger partial charge in [0.25, 0.3) is 0 Å². The predicted molar refractivity (Wildman–Crippen MR) is 131 cm³/mol.